The molecule has 1 fully saturated rings. The number of aromatic nitrogens is 2. The molecule has 3 rings (SSSR count). The molecule has 0 radical (unpaired) electrons. The molecule has 6 heteroatoms. The zero-order valence-corrected chi connectivity index (χ0v) is 13.5. The minimum absolute atomic E-state index is 0.149. The van der Waals surface area contributed by atoms with E-state index in [9.17, 15) is 4.79 Å². The summed E-state index contributed by atoms with van der Waals surface area (Å²) in [5, 5.41) is 4.50. The highest BCUT2D eigenvalue weighted by Gasteiger charge is 2.41. The van der Waals surface area contributed by atoms with Crippen LogP contribution in [0.5, 0.6) is 0 Å². The van der Waals surface area contributed by atoms with E-state index < -0.39 is 11.6 Å². The van der Waals surface area contributed by atoms with Crippen molar-refractivity contribution in [3.8, 4) is 0 Å². The maximum absolute atomic E-state index is 12.6. The minimum atomic E-state index is -0.772. The van der Waals surface area contributed by atoms with Gasteiger partial charge in [0.1, 0.15) is 0 Å². The first-order valence-corrected chi connectivity index (χ1v) is 7.67. The zero-order chi connectivity index (χ0) is 16.4. The van der Waals surface area contributed by atoms with E-state index in [0.717, 1.165) is 5.56 Å². The van der Waals surface area contributed by atoms with Crippen molar-refractivity contribution in [3.63, 3.8) is 0 Å². The molecule has 1 atom stereocenters. The quantitative estimate of drug-likeness (QED) is 0.623. The fourth-order valence-corrected chi connectivity index (χ4v) is 2.66. The maximum Gasteiger partial charge on any atom is 0.359 e. The molecule has 0 N–H and O–H groups in total. The Hall–Kier alpha value is -2.11. The summed E-state index contributed by atoms with van der Waals surface area (Å²) in [7, 11) is 0. The number of hydrogen-bond acceptors (Lipinski definition) is 4. The van der Waals surface area contributed by atoms with Gasteiger partial charge in [0.25, 0.3) is 0 Å². The molecule has 23 heavy (non-hydrogen) atoms. The Kier molecular flexibility index (Phi) is 4.24. The van der Waals surface area contributed by atoms with Gasteiger partial charge in [-0.25, -0.2) is 9.48 Å². The average Bonchev–Trinajstić information content (AvgIpc) is 2.92. The number of nitrogens with zero attached hydrogens (tertiary/aromatic N) is 2. The number of rotatable bonds is 5. The van der Waals surface area contributed by atoms with Crippen molar-refractivity contribution < 1.29 is 14.3 Å². The standard InChI is InChI=1S/C17H17ClN2O3/c1-3-17(10-22-11-17)23-16(21)15-14(18)9-19-20(15)12(2)13-7-5-4-6-8-13/h3-9,12H,1,10-11H2,2H3/t12-/m1/s1. The SMILES string of the molecule is C=CC1(OC(=O)c2c(Cl)cnn2[C@H](C)c2ccccc2)COC1. The van der Waals surface area contributed by atoms with Crippen LogP contribution in [0, 0.1) is 0 Å². The van der Waals surface area contributed by atoms with E-state index in [4.69, 9.17) is 21.1 Å². The van der Waals surface area contributed by atoms with Gasteiger partial charge >= 0.3 is 5.97 Å². The first-order chi connectivity index (χ1) is 11.1. The lowest BCUT2D eigenvalue weighted by Crippen LogP contribution is -2.51. The van der Waals surface area contributed by atoms with E-state index in [1.807, 2.05) is 37.3 Å². The van der Waals surface area contributed by atoms with Crippen LogP contribution in [0.3, 0.4) is 0 Å². The molecule has 1 saturated heterocycles. The third kappa shape index (κ3) is 2.90. The van der Waals surface area contributed by atoms with Gasteiger partial charge in [-0.3, -0.25) is 0 Å². The molecular formula is C17H17ClN2O3. The fraction of sp³-hybridized carbons (Fsp3) is 0.294. The topological polar surface area (TPSA) is 53.3 Å². The van der Waals surface area contributed by atoms with Crippen LogP contribution in [0.4, 0.5) is 0 Å². The van der Waals surface area contributed by atoms with Crippen molar-refractivity contribution in [2.45, 2.75) is 18.6 Å². The van der Waals surface area contributed by atoms with Crippen LogP contribution < -0.4 is 0 Å². The number of hydrogen-bond donors (Lipinski definition) is 0. The van der Waals surface area contributed by atoms with Gasteiger partial charge in [0.2, 0.25) is 0 Å². The van der Waals surface area contributed by atoms with Gasteiger partial charge in [-0.15, -0.1) is 0 Å². The Labute approximate surface area is 139 Å². The Bertz CT molecular complexity index is 723. The van der Waals surface area contributed by atoms with E-state index in [1.54, 1.807) is 10.8 Å². The predicted octanol–water partition coefficient (Wildman–Crippen LogP) is 3.26. The van der Waals surface area contributed by atoms with E-state index >= 15 is 0 Å². The molecule has 1 aliphatic heterocycles. The van der Waals surface area contributed by atoms with E-state index in [0.29, 0.717) is 13.2 Å². The highest BCUT2D eigenvalue weighted by Crippen LogP contribution is 2.28. The first kappa shape index (κ1) is 15.8. The number of ether oxygens (including phenoxy) is 2. The summed E-state index contributed by atoms with van der Waals surface area (Å²) in [5.74, 6) is -0.529. The Morgan fingerprint density at radius 1 is 1.48 bits per heavy atom. The number of carbonyl (C=O) groups is 1. The van der Waals surface area contributed by atoms with Crippen molar-refractivity contribution in [3.05, 3.63) is 65.5 Å². The molecule has 0 spiro atoms. The third-order valence-electron chi connectivity index (χ3n) is 3.95. The van der Waals surface area contributed by atoms with Crippen molar-refractivity contribution >= 4 is 17.6 Å². The van der Waals surface area contributed by atoms with Crippen LogP contribution in [0.2, 0.25) is 5.02 Å². The highest BCUT2D eigenvalue weighted by atomic mass is 35.5. The second-order valence-electron chi connectivity index (χ2n) is 5.52. The molecule has 2 aromatic rings. The molecular weight excluding hydrogens is 316 g/mol. The number of esters is 1. The molecule has 5 nitrogen and oxygen atoms in total. The van der Waals surface area contributed by atoms with Gasteiger partial charge < -0.3 is 9.47 Å². The van der Waals surface area contributed by atoms with Crippen LogP contribution in [-0.4, -0.2) is 34.6 Å². The Morgan fingerprint density at radius 2 is 2.17 bits per heavy atom. The molecule has 1 aromatic heterocycles. The van der Waals surface area contributed by atoms with Crippen LogP contribution in [0.1, 0.15) is 29.0 Å². The van der Waals surface area contributed by atoms with E-state index in [2.05, 4.69) is 11.7 Å². The van der Waals surface area contributed by atoms with Crippen LogP contribution in [0.25, 0.3) is 0 Å². The lowest BCUT2D eigenvalue weighted by Gasteiger charge is -2.37. The van der Waals surface area contributed by atoms with Gasteiger partial charge in [-0.2, -0.15) is 5.10 Å². The van der Waals surface area contributed by atoms with Crippen LogP contribution >= 0.6 is 11.6 Å². The molecule has 0 amide bonds. The first-order valence-electron chi connectivity index (χ1n) is 7.29. The van der Waals surface area contributed by atoms with Crippen molar-refractivity contribution in [1.29, 1.82) is 0 Å². The normalized spacial score (nSPS) is 17.1. The molecule has 0 aliphatic carbocycles. The second-order valence-corrected chi connectivity index (χ2v) is 5.93. The molecule has 1 aromatic carbocycles. The fourth-order valence-electron chi connectivity index (χ4n) is 2.45. The smallest absolute Gasteiger partial charge is 0.359 e. The van der Waals surface area contributed by atoms with Crippen molar-refractivity contribution in [2.75, 3.05) is 13.2 Å². The van der Waals surface area contributed by atoms with E-state index in [1.165, 1.54) is 6.20 Å². The number of halogens is 1. The Balaban J connectivity index is 1.89. The molecule has 1 aliphatic rings. The van der Waals surface area contributed by atoms with Gasteiger partial charge in [-0.05, 0) is 18.6 Å². The van der Waals surface area contributed by atoms with Crippen molar-refractivity contribution in [2.24, 2.45) is 0 Å². The molecule has 0 saturated carbocycles. The predicted molar refractivity (Wildman–Crippen MR) is 86.7 cm³/mol. The summed E-state index contributed by atoms with van der Waals surface area (Å²) in [5.41, 5.74) is 0.480. The highest BCUT2D eigenvalue weighted by molar-refractivity contribution is 6.33. The lowest BCUT2D eigenvalue weighted by molar-refractivity contribution is -0.152. The summed E-state index contributed by atoms with van der Waals surface area (Å²) in [6, 6.07) is 9.61. The Morgan fingerprint density at radius 3 is 2.74 bits per heavy atom. The van der Waals surface area contributed by atoms with E-state index in [-0.39, 0.29) is 16.8 Å². The summed E-state index contributed by atoms with van der Waals surface area (Å²) in [6.07, 6.45) is 3.04. The van der Waals surface area contributed by atoms with Gasteiger partial charge in [0.05, 0.1) is 30.5 Å². The summed E-state index contributed by atoms with van der Waals surface area (Å²) in [6.45, 7) is 6.27. The van der Waals surface area contributed by atoms with Gasteiger partial charge in [0.15, 0.2) is 11.3 Å². The van der Waals surface area contributed by atoms with Gasteiger partial charge in [-0.1, -0.05) is 48.5 Å². The maximum atomic E-state index is 12.6. The van der Waals surface area contributed by atoms with Gasteiger partial charge in [0, 0.05) is 0 Å². The molecule has 120 valence electrons. The van der Waals surface area contributed by atoms with Crippen LogP contribution in [0.15, 0.2) is 49.2 Å². The third-order valence-corrected chi connectivity index (χ3v) is 4.23. The summed E-state index contributed by atoms with van der Waals surface area (Å²) < 4.78 is 12.2. The average molecular weight is 333 g/mol. The van der Waals surface area contributed by atoms with Crippen LogP contribution in [-0.2, 0) is 9.47 Å². The zero-order valence-electron chi connectivity index (χ0n) is 12.7. The number of benzene rings is 1. The number of carbonyl (C=O) groups excluding carboxylic acids is 1. The van der Waals surface area contributed by atoms with Crippen molar-refractivity contribution in [1.82, 2.24) is 9.78 Å². The summed E-state index contributed by atoms with van der Waals surface area (Å²) >= 11 is 6.16. The molecule has 0 bridgehead atoms. The molecule has 0 unspecified atom stereocenters. The largest absolute Gasteiger partial charge is 0.445 e. The second kappa shape index (κ2) is 6.18. The molecule has 2 heterocycles. The monoisotopic (exact) mass is 332 g/mol. The lowest BCUT2D eigenvalue weighted by atomic mass is 10.0. The summed E-state index contributed by atoms with van der Waals surface area (Å²) in [4.78, 5) is 12.6. The minimum Gasteiger partial charge on any atom is -0.445 e.